The lowest BCUT2D eigenvalue weighted by Gasteiger charge is -2.21. The van der Waals surface area contributed by atoms with Gasteiger partial charge >= 0.3 is 0 Å². The molecule has 1 amide bonds. The van der Waals surface area contributed by atoms with Crippen molar-refractivity contribution in [3.63, 3.8) is 0 Å². The summed E-state index contributed by atoms with van der Waals surface area (Å²) in [5.74, 6) is 0.128. The number of carbonyl (C=O) groups is 1. The fraction of sp³-hybridized carbons (Fsp3) is 0.562. The van der Waals surface area contributed by atoms with E-state index in [1.807, 2.05) is 20.8 Å². The number of nitrogens with one attached hydrogen (secondary N) is 1. The van der Waals surface area contributed by atoms with Crippen molar-refractivity contribution in [2.24, 2.45) is 5.92 Å². The van der Waals surface area contributed by atoms with Crippen LogP contribution in [0.15, 0.2) is 24.3 Å². The van der Waals surface area contributed by atoms with E-state index >= 15 is 0 Å². The molecule has 0 saturated heterocycles. The predicted octanol–water partition coefficient (Wildman–Crippen LogP) is 3.82. The molecule has 2 heteroatoms. The Bertz CT molecular complexity index is 398. The van der Waals surface area contributed by atoms with Crippen LogP contribution in [-0.2, 0) is 10.2 Å². The lowest BCUT2D eigenvalue weighted by atomic mass is 9.86. The van der Waals surface area contributed by atoms with Crippen LogP contribution in [0, 0.1) is 5.92 Å². The Morgan fingerprint density at radius 1 is 1.06 bits per heavy atom. The summed E-state index contributed by atoms with van der Waals surface area (Å²) in [6.45, 7) is 12.4. The Kier molecular flexibility index (Phi) is 4.55. The summed E-state index contributed by atoms with van der Waals surface area (Å²) in [4.78, 5) is 11.6. The largest absolute Gasteiger partial charge is 0.349 e. The third kappa shape index (κ3) is 3.86. The first kappa shape index (κ1) is 14.7. The number of hydrogen-bond acceptors (Lipinski definition) is 1. The first-order valence-corrected chi connectivity index (χ1v) is 6.62. The van der Waals surface area contributed by atoms with Crippen molar-refractivity contribution in [3.05, 3.63) is 35.4 Å². The Morgan fingerprint density at radius 2 is 1.56 bits per heavy atom. The van der Waals surface area contributed by atoms with E-state index < -0.39 is 0 Å². The van der Waals surface area contributed by atoms with Crippen LogP contribution in [0.3, 0.4) is 0 Å². The molecular weight excluding hydrogens is 222 g/mol. The second kappa shape index (κ2) is 5.55. The minimum absolute atomic E-state index is 0.0290. The highest BCUT2D eigenvalue weighted by Crippen LogP contribution is 2.23. The zero-order valence-electron chi connectivity index (χ0n) is 12.4. The molecule has 0 bridgehead atoms. The van der Waals surface area contributed by atoms with Gasteiger partial charge in [0.1, 0.15) is 0 Å². The molecule has 0 heterocycles. The number of amides is 1. The molecule has 1 N–H and O–H groups in total. The smallest absolute Gasteiger partial charge is 0.223 e. The summed E-state index contributed by atoms with van der Waals surface area (Å²) in [6.07, 6.45) is 0. The average molecular weight is 247 g/mol. The van der Waals surface area contributed by atoms with Gasteiger partial charge in [-0.15, -0.1) is 0 Å². The van der Waals surface area contributed by atoms with Gasteiger partial charge in [0, 0.05) is 5.92 Å². The van der Waals surface area contributed by atoms with E-state index in [9.17, 15) is 4.79 Å². The van der Waals surface area contributed by atoms with Gasteiger partial charge in [0.05, 0.1) is 6.04 Å². The zero-order chi connectivity index (χ0) is 13.9. The van der Waals surface area contributed by atoms with Gasteiger partial charge in [0.25, 0.3) is 0 Å². The summed E-state index contributed by atoms with van der Waals surface area (Å²) in [5, 5.41) is 3.01. The summed E-state index contributed by atoms with van der Waals surface area (Å²) < 4.78 is 0. The van der Waals surface area contributed by atoms with Crippen molar-refractivity contribution in [1.82, 2.24) is 5.32 Å². The summed E-state index contributed by atoms with van der Waals surface area (Å²) in [7, 11) is 0. The molecule has 0 fully saturated rings. The van der Waals surface area contributed by atoms with Crippen molar-refractivity contribution in [1.29, 1.82) is 0 Å². The van der Waals surface area contributed by atoms with E-state index in [0.717, 1.165) is 5.56 Å². The predicted molar refractivity (Wildman–Crippen MR) is 76.5 cm³/mol. The van der Waals surface area contributed by atoms with Crippen molar-refractivity contribution in [2.75, 3.05) is 0 Å². The minimum Gasteiger partial charge on any atom is -0.349 e. The third-order valence-corrected chi connectivity index (χ3v) is 3.16. The van der Waals surface area contributed by atoms with Crippen LogP contribution in [0.5, 0.6) is 0 Å². The minimum atomic E-state index is 0.0290. The molecule has 0 aliphatic rings. The van der Waals surface area contributed by atoms with Gasteiger partial charge < -0.3 is 5.32 Å². The average Bonchev–Trinajstić information content (AvgIpc) is 2.27. The van der Waals surface area contributed by atoms with Gasteiger partial charge in [0.15, 0.2) is 0 Å². The molecule has 1 aromatic carbocycles. The normalized spacial score (nSPS) is 13.5. The molecule has 0 aliphatic heterocycles. The van der Waals surface area contributed by atoms with Crippen LogP contribution in [0.4, 0.5) is 0 Å². The molecule has 0 aromatic heterocycles. The van der Waals surface area contributed by atoms with Gasteiger partial charge in [-0.2, -0.15) is 0 Å². The topological polar surface area (TPSA) is 29.1 Å². The zero-order valence-corrected chi connectivity index (χ0v) is 12.4. The maximum atomic E-state index is 11.6. The lowest BCUT2D eigenvalue weighted by Crippen LogP contribution is -2.30. The maximum Gasteiger partial charge on any atom is 0.223 e. The highest BCUT2D eigenvalue weighted by atomic mass is 16.1. The molecule has 1 atom stereocenters. The fourth-order valence-corrected chi connectivity index (χ4v) is 1.74. The van der Waals surface area contributed by atoms with Gasteiger partial charge in [-0.1, -0.05) is 58.9 Å². The highest BCUT2D eigenvalue weighted by Gasteiger charge is 2.15. The Labute approximate surface area is 111 Å². The van der Waals surface area contributed by atoms with Crippen LogP contribution >= 0.6 is 0 Å². The molecule has 0 radical (unpaired) electrons. The molecule has 0 saturated carbocycles. The van der Waals surface area contributed by atoms with Gasteiger partial charge in [-0.05, 0) is 23.5 Å². The molecule has 0 aliphatic carbocycles. The first-order valence-electron chi connectivity index (χ1n) is 6.62. The van der Waals surface area contributed by atoms with E-state index in [4.69, 9.17) is 0 Å². The van der Waals surface area contributed by atoms with Crippen LogP contribution in [0.2, 0.25) is 0 Å². The van der Waals surface area contributed by atoms with Crippen LogP contribution in [0.25, 0.3) is 0 Å². The van der Waals surface area contributed by atoms with E-state index in [1.165, 1.54) is 5.56 Å². The second-order valence-electron chi connectivity index (χ2n) is 6.26. The molecule has 1 unspecified atom stereocenters. The number of carbonyl (C=O) groups excluding carboxylic acids is 1. The van der Waals surface area contributed by atoms with Crippen LogP contribution < -0.4 is 5.32 Å². The Balaban J connectivity index is 2.76. The monoisotopic (exact) mass is 247 g/mol. The molecule has 1 rings (SSSR count). The van der Waals surface area contributed by atoms with Crippen molar-refractivity contribution in [2.45, 2.75) is 53.0 Å². The molecular formula is C16H25NO. The SMILES string of the molecule is CC(C)C(=O)NC(C)c1ccc(C(C)(C)C)cc1. The Hall–Kier alpha value is -1.31. The number of benzene rings is 1. The molecule has 18 heavy (non-hydrogen) atoms. The van der Waals surface area contributed by atoms with Gasteiger partial charge in [-0.3, -0.25) is 4.79 Å². The van der Waals surface area contributed by atoms with E-state index in [-0.39, 0.29) is 23.3 Å². The standard InChI is InChI=1S/C16H25NO/c1-11(2)15(18)17-12(3)13-7-9-14(10-8-13)16(4,5)6/h7-12H,1-6H3,(H,17,18). The van der Waals surface area contributed by atoms with E-state index in [0.29, 0.717) is 0 Å². The Morgan fingerprint density at radius 3 is 1.94 bits per heavy atom. The molecule has 100 valence electrons. The quantitative estimate of drug-likeness (QED) is 0.864. The summed E-state index contributed by atoms with van der Waals surface area (Å²) in [6, 6.07) is 8.56. The lowest BCUT2D eigenvalue weighted by molar-refractivity contribution is -0.124. The third-order valence-electron chi connectivity index (χ3n) is 3.16. The van der Waals surface area contributed by atoms with Crippen molar-refractivity contribution >= 4 is 5.91 Å². The molecule has 1 aromatic rings. The highest BCUT2D eigenvalue weighted by molar-refractivity contribution is 5.78. The number of hydrogen-bond donors (Lipinski definition) is 1. The van der Waals surface area contributed by atoms with Gasteiger partial charge in [0.2, 0.25) is 5.91 Å². The fourth-order valence-electron chi connectivity index (χ4n) is 1.74. The van der Waals surface area contributed by atoms with E-state index in [1.54, 1.807) is 0 Å². The van der Waals surface area contributed by atoms with Crippen LogP contribution in [-0.4, -0.2) is 5.91 Å². The van der Waals surface area contributed by atoms with Gasteiger partial charge in [-0.25, -0.2) is 0 Å². The van der Waals surface area contributed by atoms with E-state index in [2.05, 4.69) is 50.4 Å². The number of rotatable bonds is 3. The molecule has 0 spiro atoms. The van der Waals surface area contributed by atoms with Crippen molar-refractivity contribution in [3.8, 4) is 0 Å². The second-order valence-corrected chi connectivity index (χ2v) is 6.26. The first-order chi connectivity index (χ1) is 8.21. The maximum absolute atomic E-state index is 11.6. The summed E-state index contributed by atoms with van der Waals surface area (Å²) in [5.41, 5.74) is 2.63. The van der Waals surface area contributed by atoms with Crippen molar-refractivity contribution < 1.29 is 4.79 Å². The van der Waals surface area contributed by atoms with Crippen LogP contribution in [0.1, 0.15) is 58.7 Å². The molecule has 2 nitrogen and oxygen atoms in total. The summed E-state index contributed by atoms with van der Waals surface area (Å²) >= 11 is 0.